The van der Waals surface area contributed by atoms with Gasteiger partial charge in [-0.15, -0.1) is 0 Å². The third-order valence-electron chi connectivity index (χ3n) is 2.92. The van der Waals surface area contributed by atoms with E-state index < -0.39 is 11.8 Å². The Labute approximate surface area is 107 Å². The molecule has 0 saturated heterocycles. The number of carbonyl (C=O) groups is 1. The summed E-state index contributed by atoms with van der Waals surface area (Å²) in [5.74, 6) is -1.57. The van der Waals surface area contributed by atoms with Crippen molar-refractivity contribution in [1.82, 2.24) is 9.38 Å². The van der Waals surface area contributed by atoms with E-state index in [0.29, 0.717) is 16.9 Å². The van der Waals surface area contributed by atoms with Crippen molar-refractivity contribution in [2.45, 2.75) is 0 Å². The number of carboxylic acids is 1. The smallest absolute Gasteiger partial charge is 0.336 e. The third-order valence-corrected chi connectivity index (χ3v) is 2.92. The maximum atomic E-state index is 13.4. The van der Waals surface area contributed by atoms with Crippen LogP contribution in [0.3, 0.4) is 0 Å². The van der Waals surface area contributed by atoms with Crippen LogP contribution in [0.5, 0.6) is 0 Å². The molecule has 1 aromatic carbocycles. The number of nitrogens with zero attached hydrogens (tertiary/aromatic N) is 2. The average Bonchev–Trinajstić information content (AvgIpc) is 2.86. The van der Waals surface area contributed by atoms with E-state index in [2.05, 4.69) is 4.98 Å². The number of carboxylic acid groups (broad SMARTS) is 1. The monoisotopic (exact) mass is 256 g/mol. The highest BCUT2D eigenvalue weighted by Crippen LogP contribution is 2.25. The van der Waals surface area contributed by atoms with Gasteiger partial charge in [0.2, 0.25) is 0 Å². The number of fused-ring (bicyclic) bond motifs is 1. The van der Waals surface area contributed by atoms with Crippen molar-refractivity contribution in [2.24, 2.45) is 0 Å². The molecule has 3 rings (SSSR count). The molecule has 4 nitrogen and oxygen atoms in total. The van der Waals surface area contributed by atoms with Crippen molar-refractivity contribution in [3.8, 4) is 11.3 Å². The molecular formula is C14H9FN2O2. The van der Waals surface area contributed by atoms with Crippen LogP contribution in [0.1, 0.15) is 10.4 Å². The van der Waals surface area contributed by atoms with Crippen molar-refractivity contribution < 1.29 is 14.3 Å². The normalized spacial score (nSPS) is 10.8. The minimum atomic E-state index is -1.09. The summed E-state index contributed by atoms with van der Waals surface area (Å²) in [6, 6.07) is 8.91. The van der Waals surface area contributed by atoms with Gasteiger partial charge in [0.15, 0.2) is 0 Å². The molecule has 0 spiro atoms. The first-order valence-corrected chi connectivity index (χ1v) is 5.62. The van der Waals surface area contributed by atoms with Crippen LogP contribution < -0.4 is 0 Å². The van der Waals surface area contributed by atoms with Gasteiger partial charge in [-0.1, -0.05) is 6.07 Å². The molecule has 0 aliphatic carbocycles. The summed E-state index contributed by atoms with van der Waals surface area (Å²) in [5, 5.41) is 9.19. The summed E-state index contributed by atoms with van der Waals surface area (Å²) >= 11 is 0. The third kappa shape index (κ3) is 1.85. The van der Waals surface area contributed by atoms with Crippen molar-refractivity contribution in [3.05, 3.63) is 60.2 Å². The molecule has 0 saturated carbocycles. The van der Waals surface area contributed by atoms with Crippen LogP contribution in [0, 0.1) is 5.82 Å². The van der Waals surface area contributed by atoms with E-state index in [4.69, 9.17) is 0 Å². The zero-order chi connectivity index (χ0) is 13.4. The molecule has 0 radical (unpaired) electrons. The number of aromatic nitrogens is 2. The zero-order valence-corrected chi connectivity index (χ0v) is 9.75. The maximum Gasteiger partial charge on any atom is 0.336 e. The quantitative estimate of drug-likeness (QED) is 0.767. The van der Waals surface area contributed by atoms with Gasteiger partial charge in [0.05, 0.1) is 11.3 Å². The summed E-state index contributed by atoms with van der Waals surface area (Å²) in [7, 11) is 0. The van der Waals surface area contributed by atoms with Crippen LogP contribution in [0.4, 0.5) is 4.39 Å². The van der Waals surface area contributed by atoms with Crippen molar-refractivity contribution in [1.29, 1.82) is 0 Å². The van der Waals surface area contributed by atoms with E-state index in [1.165, 1.54) is 12.1 Å². The number of halogens is 1. The van der Waals surface area contributed by atoms with Gasteiger partial charge in [-0.3, -0.25) is 4.40 Å². The summed E-state index contributed by atoms with van der Waals surface area (Å²) < 4.78 is 15.1. The lowest BCUT2D eigenvalue weighted by Crippen LogP contribution is -2.02. The minimum Gasteiger partial charge on any atom is -0.478 e. The highest BCUT2D eigenvalue weighted by Gasteiger charge is 2.14. The molecule has 1 N–H and O–H groups in total. The lowest BCUT2D eigenvalue weighted by atomic mass is 10.0. The standard InChI is InChI=1S/C14H9FN2O2/c15-9-4-5-10(14(18)19)11(8-9)12-2-1-3-13-16-6-7-17(12)13/h1-8H,(H,18,19). The van der Waals surface area contributed by atoms with Gasteiger partial charge in [0.1, 0.15) is 11.5 Å². The van der Waals surface area contributed by atoms with Gasteiger partial charge in [0.25, 0.3) is 0 Å². The largest absolute Gasteiger partial charge is 0.478 e. The van der Waals surface area contributed by atoms with E-state index in [1.54, 1.807) is 35.0 Å². The molecule has 2 aromatic heterocycles. The summed E-state index contributed by atoms with van der Waals surface area (Å²) in [4.78, 5) is 15.4. The second kappa shape index (κ2) is 4.20. The maximum absolute atomic E-state index is 13.4. The summed E-state index contributed by atoms with van der Waals surface area (Å²) in [5.41, 5.74) is 1.66. The molecule has 94 valence electrons. The van der Waals surface area contributed by atoms with Gasteiger partial charge >= 0.3 is 5.97 Å². The van der Waals surface area contributed by atoms with E-state index in [9.17, 15) is 14.3 Å². The average molecular weight is 256 g/mol. The van der Waals surface area contributed by atoms with Crippen LogP contribution in [-0.2, 0) is 0 Å². The Kier molecular flexibility index (Phi) is 2.52. The summed E-state index contributed by atoms with van der Waals surface area (Å²) in [6.07, 6.45) is 3.32. The van der Waals surface area contributed by atoms with Crippen LogP contribution in [0.2, 0.25) is 0 Å². The number of rotatable bonds is 2. The number of pyridine rings is 1. The predicted molar refractivity (Wildman–Crippen MR) is 67.5 cm³/mol. The number of aromatic carboxylic acids is 1. The molecule has 2 heterocycles. The van der Waals surface area contributed by atoms with Gasteiger partial charge in [-0.05, 0) is 30.3 Å². The Hall–Kier alpha value is -2.69. The first-order valence-electron chi connectivity index (χ1n) is 5.62. The van der Waals surface area contributed by atoms with Crippen molar-refractivity contribution in [2.75, 3.05) is 0 Å². The second-order valence-corrected chi connectivity index (χ2v) is 4.06. The van der Waals surface area contributed by atoms with Crippen LogP contribution in [0.15, 0.2) is 48.8 Å². The van der Waals surface area contributed by atoms with Crippen molar-refractivity contribution >= 4 is 11.6 Å². The molecule has 19 heavy (non-hydrogen) atoms. The fourth-order valence-corrected chi connectivity index (χ4v) is 2.08. The number of benzene rings is 1. The molecule has 0 fully saturated rings. The van der Waals surface area contributed by atoms with Crippen LogP contribution >= 0.6 is 0 Å². The predicted octanol–water partition coefficient (Wildman–Crippen LogP) is 2.84. The Bertz CT molecular complexity index is 780. The molecule has 0 aliphatic rings. The van der Waals surface area contributed by atoms with E-state index >= 15 is 0 Å². The van der Waals surface area contributed by atoms with E-state index in [1.807, 2.05) is 0 Å². The Balaban J connectivity index is 2.35. The van der Waals surface area contributed by atoms with E-state index in [-0.39, 0.29) is 5.56 Å². The molecule has 0 unspecified atom stereocenters. The highest BCUT2D eigenvalue weighted by molar-refractivity contribution is 5.95. The molecular weight excluding hydrogens is 247 g/mol. The van der Waals surface area contributed by atoms with Gasteiger partial charge < -0.3 is 5.11 Å². The lowest BCUT2D eigenvalue weighted by molar-refractivity contribution is 0.0697. The van der Waals surface area contributed by atoms with Gasteiger partial charge in [-0.25, -0.2) is 14.2 Å². The molecule has 0 aliphatic heterocycles. The Morgan fingerprint density at radius 1 is 1.26 bits per heavy atom. The first kappa shape index (κ1) is 11.4. The first-order chi connectivity index (χ1) is 9.16. The van der Waals surface area contributed by atoms with Crippen LogP contribution in [-0.4, -0.2) is 20.5 Å². The van der Waals surface area contributed by atoms with Gasteiger partial charge in [0, 0.05) is 18.0 Å². The Morgan fingerprint density at radius 3 is 2.89 bits per heavy atom. The highest BCUT2D eigenvalue weighted by atomic mass is 19.1. The summed E-state index contributed by atoms with van der Waals surface area (Å²) in [6.45, 7) is 0. The van der Waals surface area contributed by atoms with Crippen LogP contribution in [0.25, 0.3) is 16.9 Å². The zero-order valence-electron chi connectivity index (χ0n) is 9.75. The molecule has 5 heteroatoms. The SMILES string of the molecule is O=C(O)c1ccc(F)cc1-c1cccc2nccn12. The fraction of sp³-hybridized carbons (Fsp3) is 0. The topological polar surface area (TPSA) is 54.6 Å². The molecule has 0 atom stereocenters. The molecule has 3 aromatic rings. The lowest BCUT2D eigenvalue weighted by Gasteiger charge is -2.09. The minimum absolute atomic E-state index is 0.0580. The van der Waals surface area contributed by atoms with E-state index in [0.717, 1.165) is 6.07 Å². The molecule has 0 bridgehead atoms. The van der Waals surface area contributed by atoms with Crippen molar-refractivity contribution in [3.63, 3.8) is 0 Å². The Morgan fingerprint density at radius 2 is 2.11 bits per heavy atom. The molecule has 0 amide bonds. The number of hydrogen-bond acceptors (Lipinski definition) is 2. The second-order valence-electron chi connectivity index (χ2n) is 4.06. The number of imidazole rings is 1. The van der Waals surface area contributed by atoms with Gasteiger partial charge in [-0.2, -0.15) is 0 Å². The number of hydrogen-bond donors (Lipinski definition) is 1. The fourth-order valence-electron chi connectivity index (χ4n) is 2.08.